The first-order valence-corrected chi connectivity index (χ1v) is 6.68. The molecule has 2 N–H and O–H groups in total. The molecule has 0 heterocycles. The van der Waals surface area contributed by atoms with Gasteiger partial charge in [0.15, 0.2) is 6.29 Å². The van der Waals surface area contributed by atoms with E-state index in [2.05, 4.69) is 11.8 Å². The van der Waals surface area contributed by atoms with Gasteiger partial charge >= 0.3 is 0 Å². The van der Waals surface area contributed by atoms with Gasteiger partial charge in [0.05, 0.1) is 5.54 Å². The van der Waals surface area contributed by atoms with Gasteiger partial charge in [0.1, 0.15) is 0 Å². The summed E-state index contributed by atoms with van der Waals surface area (Å²) in [5, 5.41) is 0. The first kappa shape index (κ1) is 13.3. The lowest BCUT2D eigenvalue weighted by Crippen LogP contribution is -2.61. The van der Waals surface area contributed by atoms with E-state index >= 15 is 0 Å². The van der Waals surface area contributed by atoms with Crippen molar-refractivity contribution in [1.82, 2.24) is 4.90 Å². The molecule has 2 rings (SSSR count). The van der Waals surface area contributed by atoms with Gasteiger partial charge in [0.2, 0.25) is 0 Å². The van der Waals surface area contributed by atoms with Crippen LogP contribution in [0.25, 0.3) is 0 Å². The van der Waals surface area contributed by atoms with Gasteiger partial charge in [-0.1, -0.05) is 0 Å². The molecule has 4 heteroatoms. The van der Waals surface area contributed by atoms with Crippen LogP contribution in [0, 0.1) is 5.92 Å². The van der Waals surface area contributed by atoms with Crippen LogP contribution in [0.5, 0.6) is 0 Å². The van der Waals surface area contributed by atoms with Crippen molar-refractivity contribution in [2.75, 3.05) is 27.3 Å². The molecule has 2 fully saturated rings. The fourth-order valence-corrected chi connectivity index (χ4v) is 2.69. The van der Waals surface area contributed by atoms with Crippen LogP contribution in [0.1, 0.15) is 32.6 Å². The number of methoxy groups -OCH3 is 2. The summed E-state index contributed by atoms with van der Waals surface area (Å²) in [6, 6.07) is 0.692. The van der Waals surface area contributed by atoms with Crippen LogP contribution >= 0.6 is 0 Å². The molecule has 0 saturated heterocycles. The standard InChI is InChI=1S/C13H26N2O2/c1-13(9-14,12(16-2)17-3)15(11-6-7-11)8-10-4-5-10/h10-12H,4-9,14H2,1-3H3. The fourth-order valence-electron chi connectivity index (χ4n) is 2.69. The molecular formula is C13H26N2O2. The second-order valence-corrected chi connectivity index (χ2v) is 5.69. The molecule has 2 aliphatic rings. The van der Waals surface area contributed by atoms with Crippen molar-refractivity contribution in [2.45, 2.75) is 50.5 Å². The van der Waals surface area contributed by atoms with E-state index in [1.165, 1.54) is 25.7 Å². The lowest BCUT2D eigenvalue weighted by molar-refractivity contribution is -0.183. The van der Waals surface area contributed by atoms with E-state index in [1.54, 1.807) is 14.2 Å². The number of rotatable bonds is 8. The summed E-state index contributed by atoms with van der Waals surface area (Å²) in [7, 11) is 3.40. The summed E-state index contributed by atoms with van der Waals surface area (Å²) in [6.45, 7) is 3.90. The smallest absolute Gasteiger partial charge is 0.176 e. The lowest BCUT2D eigenvalue weighted by Gasteiger charge is -2.44. The van der Waals surface area contributed by atoms with Gasteiger partial charge in [-0.3, -0.25) is 4.90 Å². The highest BCUT2D eigenvalue weighted by Gasteiger charge is 2.47. The van der Waals surface area contributed by atoms with Gasteiger partial charge in [0, 0.05) is 33.4 Å². The molecule has 0 spiro atoms. The maximum absolute atomic E-state index is 6.02. The SMILES string of the molecule is COC(OC)C(C)(CN)N(CC1CC1)C1CC1. The van der Waals surface area contributed by atoms with Gasteiger partial charge in [-0.05, 0) is 38.5 Å². The zero-order valence-corrected chi connectivity index (χ0v) is 11.3. The zero-order chi connectivity index (χ0) is 12.5. The van der Waals surface area contributed by atoms with E-state index in [-0.39, 0.29) is 11.8 Å². The summed E-state index contributed by atoms with van der Waals surface area (Å²) in [6.07, 6.45) is 5.08. The van der Waals surface area contributed by atoms with Crippen LogP contribution in [-0.4, -0.2) is 50.1 Å². The Morgan fingerprint density at radius 2 is 1.82 bits per heavy atom. The highest BCUT2D eigenvalue weighted by atomic mass is 16.7. The monoisotopic (exact) mass is 242 g/mol. The molecule has 0 aliphatic heterocycles. The quantitative estimate of drug-likeness (QED) is 0.650. The average molecular weight is 242 g/mol. The molecule has 0 radical (unpaired) electrons. The van der Waals surface area contributed by atoms with Crippen LogP contribution in [0.15, 0.2) is 0 Å². The summed E-state index contributed by atoms with van der Waals surface area (Å²) in [4.78, 5) is 2.54. The maximum atomic E-state index is 6.02. The molecule has 0 aromatic heterocycles. The molecule has 4 nitrogen and oxygen atoms in total. The summed E-state index contributed by atoms with van der Waals surface area (Å²) < 4.78 is 10.9. The van der Waals surface area contributed by atoms with Crippen LogP contribution in [0.3, 0.4) is 0 Å². The Kier molecular flexibility index (Phi) is 4.08. The first-order valence-electron chi connectivity index (χ1n) is 6.68. The molecule has 1 unspecified atom stereocenters. The Morgan fingerprint density at radius 3 is 2.18 bits per heavy atom. The van der Waals surface area contributed by atoms with Gasteiger partial charge in [-0.2, -0.15) is 0 Å². The molecule has 0 aromatic carbocycles. The second-order valence-electron chi connectivity index (χ2n) is 5.69. The molecule has 2 aliphatic carbocycles. The second kappa shape index (κ2) is 5.22. The van der Waals surface area contributed by atoms with E-state index in [0.717, 1.165) is 12.5 Å². The minimum Gasteiger partial charge on any atom is -0.354 e. The Hall–Kier alpha value is -0.160. The maximum Gasteiger partial charge on any atom is 0.176 e. The molecule has 0 amide bonds. The third kappa shape index (κ3) is 2.81. The van der Waals surface area contributed by atoms with Crippen LogP contribution in [0.4, 0.5) is 0 Å². The van der Waals surface area contributed by atoms with Gasteiger partial charge in [-0.15, -0.1) is 0 Å². The van der Waals surface area contributed by atoms with Crippen molar-refractivity contribution in [2.24, 2.45) is 11.7 Å². The summed E-state index contributed by atoms with van der Waals surface area (Å²) >= 11 is 0. The number of nitrogens with zero attached hydrogens (tertiary/aromatic N) is 1. The van der Waals surface area contributed by atoms with E-state index in [9.17, 15) is 0 Å². The molecule has 0 bridgehead atoms. The lowest BCUT2D eigenvalue weighted by atomic mass is 9.97. The predicted octanol–water partition coefficient (Wildman–Crippen LogP) is 1.20. The molecule has 0 aromatic rings. The third-order valence-electron chi connectivity index (χ3n) is 4.14. The van der Waals surface area contributed by atoms with Gasteiger partial charge in [-0.25, -0.2) is 0 Å². The topological polar surface area (TPSA) is 47.7 Å². The van der Waals surface area contributed by atoms with Crippen molar-refractivity contribution < 1.29 is 9.47 Å². The number of ether oxygens (including phenoxy) is 2. The highest BCUT2D eigenvalue weighted by Crippen LogP contribution is 2.40. The van der Waals surface area contributed by atoms with E-state index in [0.29, 0.717) is 12.6 Å². The molecule has 17 heavy (non-hydrogen) atoms. The summed E-state index contributed by atoms with van der Waals surface area (Å²) in [5.41, 5.74) is 5.82. The zero-order valence-electron chi connectivity index (χ0n) is 11.3. The Bertz CT molecular complexity index is 250. The Labute approximate surface area is 104 Å². The Morgan fingerprint density at radius 1 is 1.24 bits per heavy atom. The number of nitrogens with two attached hydrogens (primary N) is 1. The van der Waals surface area contributed by atoms with E-state index < -0.39 is 0 Å². The van der Waals surface area contributed by atoms with Crippen molar-refractivity contribution in [3.63, 3.8) is 0 Å². The van der Waals surface area contributed by atoms with Crippen LogP contribution < -0.4 is 5.73 Å². The minimum absolute atomic E-state index is 0.201. The highest BCUT2D eigenvalue weighted by molar-refractivity contribution is 5.00. The first-order chi connectivity index (χ1) is 8.15. The van der Waals surface area contributed by atoms with Gasteiger partial charge < -0.3 is 15.2 Å². The van der Waals surface area contributed by atoms with Crippen molar-refractivity contribution in [1.29, 1.82) is 0 Å². The van der Waals surface area contributed by atoms with Crippen molar-refractivity contribution in [3.8, 4) is 0 Å². The van der Waals surface area contributed by atoms with Crippen molar-refractivity contribution >= 4 is 0 Å². The van der Waals surface area contributed by atoms with Crippen LogP contribution in [0.2, 0.25) is 0 Å². The molecule has 1 atom stereocenters. The number of hydrogen-bond donors (Lipinski definition) is 1. The normalized spacial score (nSPS) is 24.4. The minimum atomic E-state index is -0.244. The predicted molar refractivity (Wildman–Crippen MR) is 67.7 cm³/mol. The van der Waals surface area contributed by atoms with Crippen molar-refractivity contribution in [3.05, 3.63) is 0 Å². The van der Waals surface area contributed by atoms with E-state index in [1.807, 2.05) is 0 Å². The molecule has 2 saturated carbocycles. The average Bonchev–Trinajstić information content (AvgIpc) is 3.17. The third-order valence-corrected chi connectivity index (χ3v) is 4.14. The van der Waals surface area contributed by atoms with Gasteiger partial charge in [0.25, 0.3) is 0 Å². The van der Waals surface area contributed by atoms with E-state index in [4.69, 9.17) is 15.2 Å². The van der Waals surface area contributed by atoms with Crippen LogP contribution in [-0.2, 0) is 9.47 Å². The Balaban J connectivity index is 2.09. The summed E-state index contributed by atoms with van der Waals surface area (Å²) in [5.74, 6) is 0.871. The number of hydrogen-bond acceptors (Lipinski definition) is 4. The molecular weight excluding hydrogens is 216 g/mol. The largest absolute Gasteiger partial charge is 0.354 e. The fraction of sp³-hybridized carbons (Fsp3) is 1.00. The molecule has 100 valence electrons.